The molecule has 2 fully saturated rings. The molecule has 0 saturated carbocycles. The van der Waals surface area contributed by atoms with Crippen molar-refractivity contribution in [2.75, 3.05) is 0 Å². The zero-order chi connectivity index (χ0) is 13.6. The predicted octanol–water partition coefficient (Wildman–Crippen LogP) is 2.69. The van der Waals surface area contributed by atoms with Crippen molar-refractivity contribution in [1.82, 2.24) is 4.90 Å². The third kappa shape index (κ3) is 2.29. The minimum Gasteiger partial charge on any atom is -0.333 e. The number of halogens is 1. The molecular weight excluding hydrogens is 351 g/mol. The topological polar surface area (TPSA) is 46.3 Å². The molecule has 3 nitrogen and oxygen atoms in total. The maximum absolute atomic E-state index is 12.8. The number of piperidine rings is 1. The maximum Gasteiger partial charge on any atom is 0.255 e. The van der Waals surface area contributed by atoms with Crippen molar-refractivity contribution < 1.29 is 4.79 Å². The highest BCUT2D eigenvalue weighted by Crippen LogP contribution is 2.36. The predicted molar refractivity (Wildman–Crippen MR) is 84.1 cm³/mol. The summed E-state index contributed by atoms with van der Waals surface area (Å²) in [6, 6.07) is 6.97. The van der Waals surface area contributed by atoms with Crippen LogP contribution in [0.15, 0.2) is 18.2 Å². The SMILES string of the molecule is Cc1cccc(C(=O)N2C3CCC2CC(N)C3)c1I. The third-order valence-electron chi connectivity index (χ3n) is 4.43. The summed E-state index contributed by atoms with van der Waals surface area (Å²) in [4.78, 5) is 14.9. The van der Waals surface area contributed by atoms with Crippen LogP contribution in [0.25, 0.3) is 0 Å². The zero-order valence-electron chi connectivity index (χ0n) is 11.1. The molecule has 1 amide bonds. The fourth-order valence-electron chi connectivity index (χ4n) is 3.50. The lowest BCUT2D eigenvalue weighted by molar-refractivity contribution is 0.0574. The van der Waals surface area contributed by atoms with Crippen molar-refractivity contribution in [3.05, 3.63) is 32.9 Å². The molecule has 2 N–H and O–H groups in total. The van der Waals surface area contributed by atoms with Gasteiger partial charge in [0.05, 0.1) is 5.56 Å². The first-order valence-corrected chi connectivity index (χ1v) is 7.99. The van der Waals surface area contributed by atoms with Crippen LogP contribution in [0.5, 0.6) is 0 Å². The Morgan fingerprint density at radius 3 is 2.58 bits per heavy atom. The van der Waals surface area contributed by atoms with E-state index in [1.54, 1.807) is 0 Å². The monoisotopic (exact) mass is 370 g/mol. The Bertz CT molecular complexity index is 503. The second-order valence-corrected chi connectivity index (χ2v) is 6.84. The molecule has 2 unspecified atom stereocenters. The lowest BCUT2D eigenvalue weighted by Crippen LogP contribution is -2.50. The van der Waals surface area contributed by atoms with Crippen molar-refractivity contribution >= 4 is 28.5 Å². The van der Waals surface area contributed by atoms with Crippen LogP contribution in [0.3, 0.4) is 0 Å². The molecule has 0 aromatic heterocycles. The van der Waals surface area contributed by atoms with Gasteiger partial charge in [0, 0.05) is 21.7 Å². The molecule has 3 rings (SSSR count). The highest BCUT2D eigenvalue weighted by molar-refractivity contribution is 14.1. The first kappa shape index (κ1) is 13.4. The van der Waals surface area contributed by atoms with E-state index in [1.807, 2.05) is 12.1 Å². The Balaban J connectivity index is 1.91. The number of carbonyl (C=O) groups excluding carboxylic acids is 1. The molecule has 19 heavy (non-hydrogen) atoms. The zero-order valence-corrected chi connectivity index (χ0v) is 13.3. The molecule has 2 heterocycles. The van der Waals surface area contributed by atoms with E-state index in [-0.39, 0.29) is 11.9 Å². The van der Waals surface area contributed by atoms with Crippen molar-refractivity contribution in [3.63, 3.8) is 0 Å². The fourth-order valence-corrected chi connectivity index (χ4v) is 4.09. The highest BCUT2D eigenvalue weighted by Gasteiger charge is 2.42. The summed E-state index contributed by atoms with van der Waals surface area (Å²) < 4.78 is 1.08. The number of rotatable bonds is 1. The normalized spacial score (nSPS) is 29.6. The molecule has 2 aliphatic heterocycles. The van der Waals surface area contributed by atoms with Crippen LogP contribution in [0.2, 0.25) is 0 Å². The maximum atomic E-state index is 12.8. The average molecular weight is 370 g/mol. The molecule has 4 heteroatoms. The van der Waals surface area contributed by atoms with Gasteiger partial charge in [0.25, 0.3) is 5.91 Å². The number of carbonyl (C=O) groups is 1. The summed E-state index contributed by atoms with van der Waals surface area (Å²) in [5, 5.41) is 0. The smallest absolute Gasteiger partial charge is 0.255 e. The number of amides is 1. The summed E-state index contributed by atoms with van der Waals surface area (Å²) in [5.74, 6) is 0.201. The van der Waals surface area contributed by atoms with Gasteiger partial charge in [-0.2, -0.15) is 0 Å². The summed E-state index contributed by atoms with van der Waals surface area (Å²) in [5.41, 5.74) is 8.10. The van der Waals surface area contributed by atoms with E-state index in [4.69, 9.17) is 5.73 Å². The number of hydrogen-bond donors (Lipinski definition) is 1. The second-order valence-electron chi connectivity index (χ2n) is 5.77. The van der Waals surface area contributed by atoms with Crippen LogP contribution in [-0.2, 0) is 0 Å². The Morgan fingerprint density at radius 2 is 1.95 bits per heavy atom. The summed E-state index contributed by atoms with van der Waals surface area (Å²) in [6.45, 7) is 2.05. The van der Waals surface area contributed by atoms with Gasteiger partial charge >= 0.3 is 0 Å². The van der Waals surface area contributed by atoms with Crippen molar-refractivity contribution in [1.29, 1.82) is 0 Å². The molecular formula is C15H19IN2O. The van der Waals surface area contributed by atoms with E-state index in [1.165, 1.54) is 5.56 Å². The molecule has 1 aromatic carbocycles. The number of aryl methyl sites for hydroxylation is 1. The summed E-state index contributed by atoms with van der Waals surface area (Å²) in [6.07, 6.45) is 4.16. The van der Waals surface area contributed by atoms with E-state index >= 15 is 0 Å². The summed E-state index contributed by atoms with van der Waals surface area (Å²) in [7, 11) is 0. The fraction of sp³-hybridized carbons (Fsp3) is 0.533. The van der Waals surface area contributed by atoms with Gasteiger partial charge in [0.15, 0.2) is 0 Å². The van der Waals surface area contributed by atoms with Gasteiger partial charge in [-0.15, -0.1) is 0 Å². The molecule has 0 radical (unpaired) electrons. The Kier molecular flexibility index (Phi) is 3.55. The molecule has 1 aromatic rings. The van der Waals surface area contributed by atoms with Gasteiger partial charge in [-0.05, 0) is 66.8 Å². The first-order valence-electron chi connectivity index (χ1n) is 6.91. The van der Waals surface area contributed by atoms with E-state index < -0.39 is 0 Å². The van der Waals surface area contributed by atoms with Crippen LogP contribution >= 0.6 is 22.6 Å². The molecule has 2 atom stereocenters. The number of nitrogens with zero attached hydrogens (tertiary/aromatic N) is 1. The molecule has 2 aliphatic rings. The van der Waals surface area contributed by atoms with Crippen molar-refractivity contribution in [2.24, 2.45) is 5.73 Å². The number of fused-ring (bicyclic) bond motifs is 2. The first-order chi connectivity index (χ1) is 9.08. The van der Waals surface area contributed by atoms with Crippen LogP contribution in [0.4, 0.5) is 0 Å². The molecule has 0 spiro atoms. The van der Waals surface area contributed by atoms with E-state index in [9.17, 15) is 4.79 Å². The third-order valence-corrected chi connectivity index (χ3v) is 5.86. The van der Waals surface area contributed by atoms with E-state index in [0.29, 0.717) is 12.1 Å². The largest absolute Gasteiger partial charge is 0.333 e. The van der Waals surface area contributed by atoms with Crippen LogP contribution in [-0.4, -0.2) is 28.9 Å². The van der Waals surface area contributed by atoms with Gasteiger partial charge in [0.1, 0.15) is 0 Å². The number of benzene rings is 1. The summed E-state index contributed by atoms with van der Waals surface area (Å²) >= 11 is 2.28. The number of hydrogen-bond acceptors (Lipinski definition) is 2. The Hall–Kier alpha value is -0.620. The van der Waals surface area contributed by atoms with E-state index in [2.05, 4.69) is 40.5 Å². The van der Waals surface area contributed by atoms with Crippen molar-refractivity contribution in [2.45, 2.75) is 50.7 Å². The molecule has 102 valence electrons. The quantitative estimate of drug-likeness (QED) is 0.773. The number of nitrogens with two attached hydrogens (primary N) is 1. The molecule has 2 saturated heterocycles. The van der Waals surface area contributed by atoms with Crippen LogP contribution in [0.1, 0.15) is 41.6 Å². The van der Waals surface area contributed by atoms with Crippen LogP contribution in [0, 0.1) is 10.5 Å². The van der Waals surface area contributed by atoms with Gasteiger partial charge in [0.2, 0.25) is 0 Å². The van der Waals surface area contributed by atoms with Gasteiger partial charge in [-0.3, -0.25) is 4.79 Å². The van der Waals surface area contributed by atoms with Gasteiger partial charge in [-0.1, -0.05) is 12.1 Å². The molecule has 0 aliphatic carbocycles. The minimum absolute atomic E-state index is 0.201. The molecule has 2 bridgehead atoms. The van der Waals surface area contributed by atoms with Gasteiger partial charge < -0.3 is 10.6 Å². The average Bonchev–Trinajstić information content (AvgIpc) is 2.64. The highest BCUT2D eigenvalue weighted by atomic mass is 127. The Labute approximate surface area is 127 Å². The lowest BCUT2D eigenvalue weighted by Gasteiger charge is -2.38. The standard InChI is InChI=1S/C15H19IN2O/c1-9-3-2-4-13(14(9)16)15(19)18-11-5-6-12(18)8-10(17)7-11/h2-4,10-12H,5-8,17H2,1H3. The lowest BCUT2D eigenvalue weighted by atomic mass is 9.97. The van der Waals surface area contributed by atoms with E-state index in [0.717, 1.165) is 34.8 Å². The van der Waals surface area contributed by atoms with Crippen LogP contribution < -0.4 is 5.73 Å². The minimum atomic E-state index is 0.201. The second kappa shape index (κ2) is 5.05. The Morgan fingerprint density at radius 1 is 1.32 bits per heavy atom. The van der Waals surface area contributed by atoms with Crippen molar-refractivity contribution in [3.8, 4) is 0 Å². The van der Waals surface area contributed by atoms with Gasteiger partial charge in [-0.25, -0.2) is 0 Å².